The first-order valence-electron chi connectivity index (χ1n) is 9.45. The molecule has 3 aromatic carbocycles. The number of nitrogens with zero attached hydrogens (tertiary/aromatic N) is 2. The van der Waals surface area contributed by atoms with Gasteiger partial charge in [-0.2, -0.15) is 5.10 Å². The lowest BCUT2D eigenvalue weighted by Crippen LogP contribution is -2.20. The number of phenolic OH excluding ortho intramolecular Hbond substituents is 2. The molecule has 0 bridgehead atoms. The smallest absolute Gasteiger partial charge is 0.272 e. The van der Waals surface area contributed by atoms with Crippen molar-refractivity contribution < 1.29 is 15.0 Å². The van der Waals surface area contributed by atoms with Gasteiger partial charge in [0.2, 0.25) is 0 Å². The molecule has 1 aromatic heterocycles. The van der Waals surface area contributed by atoms with Crippen molar-refractivity contribution in [1.82, 2.24) is 10.4 Å². The molecule has 0 atom stereocenters. The maximum absolute atomic E-state index is 13.0. The summed E-state index contributed by atoms with van der Waals surface area (Å²) < 4.78 is 0.914. The van der Waals surface area contributed by atoms with Crippen LogP contribution in [0.1, 0.15) is 22.8 Å². The summed E-state index contributed by atoms with van der Waals surface area (Å²) in [5.41, 5.74) is 5.88. The van der Waals surface area contributed by atoms with E-state index in [2.05, 4.69) is 26.5 Å². The second-order valence-electron chi connectivity index (χ2n) is 6.92. The van der Waals surface area contributed by atoms with E-state index >= 15 is 0 Å². The summed E-state index contributed by atoms with van der Waals surface area (Å²) in [5.74, 6) is -0.457. The fourth-order valence-corrected chi connectivity index (χ4v) is 3.63. The maximum atomic E-state index is 13.0. The number of carbonyl (C=O) groups excluding carboxylic acids is 1. The van der Waals surface area contributed by atoms with Crippen molar-refractivity contribution in [3.05, 3.63) is 88.4 Å². The van der Waals surface area contributed by atoms with Crippen LogP contribution in [0.25, 0.3) is 22.2 Å². The number of aromatic hydroxyl groups is 2. The van der Waals surface area contributed by atoms with Crippen molar-refractivity contribution in [2.24, 2.45) is 5.10 Å². The predicted molar refractivity (Wildman–Crippen MR) is 124 cm³/mol. The molecular formula is C24H18BrN3O3. The number of rotatable bonds is 4. The first-order chi connectivity index (χ1) is 14.9. The van der Waals surface area contributed by atoms with Gasteiger partial charge in [-0.15, -0.1) is 0 Å². The lowest BCUT2D eigenvalue weighted by molar-refractivity contribution is 0.0956. The van der Waals surface area contributed by atoms with Crippen molar-refractivity contribution >= 4 is 38.5 Å². The first kappa shape index (κ1) is 20.6. The number of hydrazone groups is 1. The second kappa shape index (κ2) is 8.57. The number of para-hydroxylation sites is 1. The molecule has 6 nitrogen and oxygen atoms in total. The van der Waals surface area contributed by atoms with Gasteiger partial charge in [-0.3, -0.25) is 4.79 Å². The van der Waals surface area contributed by atoms with Crippen LogP contribution in [0.5, 0.6) is 11.5 Å². The van der Waals surface area contributed by atoms with E-state index in [1.807, 2.05) is 48.5 Å². The Balaban J connectivity index is 1.72. The van der Waals surface area contributed by atoms with Gasteiger partial charge in [0.05, 0.1) is 22.5 Å². The molecule has 3 N–H and O–H groups in total. The molecule has 4 aromatic rings. The number of pyridine rings is 1. The Hall–Kier alpha value is -3.71. The van der Waals surface area contributed by atoms with Gasteiger partial charge in [0.1, 0.15) is 11.5 Å². The summed E-state index contributed by atoms with van der Waals surface area (Å²) in [7, 11) is 0. The highest BCUT2D eigenvalue weighted by atomic mass is 79.9. The molecule has 0 aliphatic rings. The monoisotopic (exact) mass is 475 g/mol. The number of amides is 1. The van der Waals surface area contributed by atoms with Crippen molar-refractivity contribution in [1.29, 1.82) is 0 Å². The highest BCUT2D eigenvalue weighted by Crippen LogP contribution is 2.27. The SMILES string of the molecule is CC(=NNC(=O)c1cc(-c2cccc(Br)c2)nc2ccccc12)c1cc(O)ccc1O. The van der Waals surface area contributed by atoms with Crippen LogP contribution in [0, 0.1) is 0 Å². The summed E-state index contributed by atoms with van der Waals surface area (Å²) in [6, 6.07) is 21.0. The average Bonchev–Trinajstić information content (AvgIpc) is 2.78. The van der Waals surface area contributed by atoms with E-state index in [0.29, 0.717) is 33.4 Å². The number of hydrogen-bond donors (Lipinski definition) is 3. The normalized spacial score (nSPS) is 11.5. The predicted octanol–water partition coefficient (Wildman–Crippen LogP) is 5.23. The Labute approximate surface area is 187 Å². The zero-order valence-electron chi connectivity index (χ0n) is 16.5. The lowest BCUT2D eigenvalue weighted by atomic mass is 10.0. The molecule has 4 rings (SSSR count). The summed E-state index contributed by atoms with van der Waals surface area (Å²) >= 11 is 3.47. The van der Waals surface area contributed by atoms with Crippen molar-refractivity contribution in [3.8, 4) is 22.8 Å². The Morgan fingerprint density at radius 3 is 2.58 bits per heavy atom. The zero-order chi connectivity index (χ0) is 22.0. The van der Waals surface area contributed by atoms with Gasteiger partial charge in [-0.05, 0) is 49.4 Å². The Morgan fingerprint density at radius 2 is 1.77 bits per heavy atom. The van der Waals surface area contributed by atoms with Gasteiger partial charge in [-0.1, -0.05) is 46.3 Å². The highest BCUT2D eigenvalue weighted by molar-refractivity contribution is 9.10. The fourth-order valence-electron chi connectivity index (χ4n) is 3.23. The van der Waals surface area contributed by atoms with Crippen LogP contribution in [-0.2, 0) is 0 Å². The molecule has 0 unspecified atom stereocenters. The number of hydrogen-bond acceptors (Lipinski definition) is 5. The average molecular weight is 476 g/mol. The van der Waals surface area contributed by atoms with Crippen molar-refractivity contribution in [2.75, 3.05) is 0 Å². The summed E-state index contributed by atoms with van der Waals surface area (Å²) in [5, 5.41) is 24.5. The standard InChI is InChI=1S/C24H18BrN3O3/c1-14(19-12-17(29)9-10-23(19)30)27-28-24(31)20-13-22(15-5-4-6-16(25)11-15)26-21-8-3-2-7-18(20)21/h2-13,29-30H,1H3,(H,28,31). The molecule has 31 heavy (non-hydrogen) atoms. The Kier molecular flexibility index (Phi) is 5.68. The van der Waals surface area contributed by atoms with E-state index in [4.69, 9.17) is 4.98 Å². The maximum Gasteiger partial charge on any atom is 0.272 e. The Morgan fingerprint density at radius 1 is 0.968 bits per heavy atom. The minimum absolute atomic E-state index is 0.00697. The molecule has 0 saturated carbocycles. The molecule has 0 fully saturated rings. The number of aromatic nitrogens is 1. The number of phenols is 2. The van der Waals surface area contributed by atoms with Crippen LogP contribution in [0.2, 0.25) is 0 Å². The Bertz CT molecular complexity index is 1330. The third-order valence-corrected chi connectivity index (χ3v) is 5.27. The lowest BCUT2D eigenvalue weighted by Gasteiger charge is -2.10. The number of nitrogens with one attached hydrogen (secondary N) is 1. The highest BCUT2D eigenvalue weighted by Gasteiger charge is 2.14. The van der Waals surface area contributed by atoms with Crippen LogP contribution in [0.4, 0.5) is 0 Å². The minimum atomic E-state index is -0.408. The van der Waals surface area contributed by atoms with Crippen LogP contribution in [0.3, 0.4) is 0 Å². The van der Waals surface area contributed by atoms with E-state index in [0.717, 1.165) is 10.0 Å². The largest absolute Gasteiger partial charge is 0.508 e. The van der Waals surface area contributed by atoms with E-state index in [1.54, 1.807) is 13.0 Å². The van der Waals surface area contributed by atoms with Crippen LogP contribution < -0.4 is 5.43 Å². The number of carbonyl (C=O) groups is 1. The molecule has 0 aliphatic carbocycles. The van der Waals surface area contributed by atoms with Gasteiger partial charge in [-0.25, -0.2) is 10.4 Å². The quantitative estimate of drug-likeness (QED) is 0.214. The van der Waals surface area contributed by atoms with Crippen LogP contribution in [0.15, 0.2) is 82.4 Å². The molecule has 0 spiro atoms. The second-order valence-corrected chi connectivity index (χ2v) is 7.84. The fraction of sp³-hybridized carbons (Fsp3) is 0.0417. The summed E-state index contributed by atoms with van der Waals surface area (Å²) in [4.78, 5) is 17.7. The van der Waals surface area contributed by atoms with Crippen molar-refractivity contribution in [2.45, 2.75) is 6.92 Å². The van der Waals surface area contributed by atoms with E-state index in [1.165, 1.54) is 18.2 Å². The zero-order valence-corrected chi connectivity index (χ0v) is 18.1. The van der Waals surface area contributed by atoms with Crippen LogP contribution >= 0.6 is 15.9 Å². The number of halogens is 1. The molecular weight excluding hydrogens is 458 g/mol. The van der Waals surface area contributed by atoms with E-state index < -0.39 is 5.91 Å². The van der Waals surface area contributed by atoms with Crippen molar-refractivity contribution in [3.63, 3.8) is 0 Å². The van der Waals surface area contributed by atoms with Gasteiger partial charge in [0.15, 0.2) is 0 Å². The third kappa shape index (κ3) is 4.41. The molecule has 154 valence electrons. The van der Waals surface area contributed by atoms with E-state index in [9.17, 15) is 15.0 Å². The number of fused-ring (bicyclic) bond motifs is 1. The molecule has 0 radical (unpaired) electrons. The van der Waals surface area contributed by atoms with E-state index in [-0.39, 0.29) is 11.5 Å². The van der Waals surface area contributed by atoms with Crippen LogP contribution in [-0.4, -0.2) is 26.8 Å². The van der Waals surface area contributed by atoms with Gasteiger partial charge >= 0.3 is 0 Å². The molecule has 7 heteroatoms. The first-order valence-corrected chi connectivity index (χ1v) is 10.2. The van der Waals surface area contributed by atoms with Gasteiger partial charge in [0, 0.05) is 21.0 Å². The molecule has 0 aliphatic heterocycles. The molecule has 1 heterocycles. The summed E-state index contributed by atoms with van der Waals surface area (Å²) in [6.45, 7) is 1.63. The van der Waals surface area contributed by atoms with Gasteiger partial charge < -0.3 is 10.2 Å². The van der Waals surface area contributed by atoms with Gasteiger partial charge in [0.25, 0.3) is 5.91 Å². The summed E-state index contributed by atoms with van der Waals surface area (Å²) in [6.07, 6.45) is 0. The third-order valence-electron chi connectivity index (χ3n) is 4.78. The number of benzene rings is 3. The molecule has 1 amide bonds. The minimum Gasteiger partial charge on any atom is -0.508 e. The topological polar surface area (TPSA) is 94.8 Å². The molecule has 0 saturated heterocycles.